The zero-order chi connectivity index (χ0) is 41.2. The van der Waals surface area contributed by atoms with Gasteiger partial charge < -0.3 is 13.6 Å². The van der Waals surface area contributed by atoms with Gasteiger partial charge in [0.1, 0.15) is 5.58 Å². The maximum Gasteiger partial charge on any atom is 0.159 e. The van der Waals surface area contributed by atoms with E-state index in [-0.39, 0.29) is 0 Å². The normalized spacial score (nSPS) is 12.1. The minimum atomic E-state index is 0.899. The lowest BCUT2D eigenvalue weighted by molar-refractivity contribution is 0.666. The minimum absolute atomic E-state index is 0.899. The molecule has 63 heavy (non-hydrogen) atoms. The molecule has 0 aliphatic heterocycles. The molecule has 3 heterocycles. The Morgan fingerprint density at radius 1 is 0.254 bits per heavy atom. The van der Waals surface area contributed by atoms with Gasteiger partial charge >= 0.3 is 0 Å². The van der Waals surface area contributed by atoms with Crippen LogP contribution in [0.1, 0.15) is 0 Å². The average Bonchev–Trinajstić information content (AvgIpc) is 4.01. The highest BCUT2D eigenvalue weighted by atomic mass is 16.3. The van der Waals surface area contributed by atoms with Gasteiger partial charge in [-0.1, -0.05) is 158 Å². The SMILES string of the molecule is c1ccc2c(c1)oc1c(-n3c4ccccc4c4cc(-c5ccc6c7ccccc7n(-c7ccc(-c8ccc9c%10ccccc%10c%10ccccc%10c9c8)cc7)c6c5)ccc43)cccc12. The summed E-state index contributed by atoms with van der Waals surface area (Å²) in [6.07, 6.45) is 0. The largest absolute Gasteiger partial charge is 0.454 e. The van der Waals surface area contributed by atoms with Crippen molar-refractivity contribution >= 4 is 97.9 Å². The first-order valence-corrected chi connectivity index (χ1v) is 21.7. The standard InChI is InChI=1S/C60H36N2O/c1-2-14-44-42(12-1)43-13-3-4-15-45(43)52-34-38(26-31-46(44)52)37-24-29-41(30-25-37)61-54-20-8-5-16-47(54)49-32-27-40(36-58(49)61)39-28-33-56-53(35-39)48-17-6-9-21-55(48)62(56)57-22-11-19-51-50-18-7-10-23-59(50)63-60(51)57/h1-36H. The van der Waals surface area contributed by atoms with Crippen molar-refractivity contribution in [2.75, 3.05) is 0 Å². The van der Waals surface area contributed by atoms with E-state index >= 15 is 0 Å². The van der Waals surface area contributed by atoms with Gasteiger partial charge in [0.25, 0.3) is 0 Å². The van der Waals surface area contributed by atoms with Gasteiger partial charge in [0.05, 0.1) is 27.8 Å². The molecule has 0 N–H and O–H groups in total. The molecule has 0 aliphatic carbocycles. The molecule has 0 atom stereocenters. The van der Waals surface area contributed by atoms with E-state index in [0.29, 0.717) is 0 Å². The van der Waals surface area contributed by atoms with Gasteiger partial charge in [0.2, 0.25) is 0 Å². The first-order valence-electron chi connectivity index (χ1n) is 21.7. The van der Waals surface area contributed by atoms with Crippen LogP contribution < -0.4 is 0 Å². The molecular weight excluding hydrogens is 765 g/mol. The first kappa shape index (κ1) is 34.3. The van der Waals surface area contributed by atoms with Crippen LogP contribution in [0.4, 0.5) is 0 Å². The Balaban J connectivity index is 0.899. The molecule has 0 bridgehead atoms. The summed E-state index contributed by atoms with van der Waals surface area (Å²) in [5.74, 6) is 0. The Bertz CT molecular complexity index is 4160. The molecule has 3 heteroatoms. The first-order chi connectivity index (χ1) is 31.2. The molecule has 0 saturated heterocycles. The predicted molar refractivity (Wildman–Crippen MR) is 266 cm³/mol. The van der Waals surface area contributed by atoms with Crippen molar-refractivity contribution in [2.45, 2.75) is 0 Å². The lowest BCUT2D eigenvalue weighted by atomic mass is 9.92. The zero-order valence-electron chi connectivity index (χ0n) is 34.1. The second-order valence-corrected chi connectivity index (χ2v) is 16.8. The van der Waals surface area contributed by atoms with E-state index in [1.165, 1.54) is 87.1 Å². The Kier molecular flexibility index (Phi) is 7.11. The number of aromatic nitrogens is 2. The van der Waals surface area contributed by atoms with Gasteiger partial charge in [0, 0.05) is 38.0 Å². The minimum Gasteiger partial charge on any atom is -0.454 e. The highest BCUT2D eigenvalue weighted by Gasteiger charge is 2.19. The predicted octanol–water partition coefficient (Wildman–Crippen LogP) is 16.6. The van der Waals surface area contributed by atoms with Crippen LogP contribution in [-0.2, 0) is 0 Å². The molecule has 3 nitrogen and oxygen atoms in total. The van der Waals surface area contributed by atoms with Crippen LogP contribution in [0.5, 0.6) is 0 Å². The third-order valence-electron chi connectivity index (χ3n) is 13.5. The van der Waals surface area contributed by atoms with Crippen LogP contribution >= 0.6 is 0 Å². The van der Waals surface area contributed by atoms with Gasteiger partial charge in [0.15, 0.2) is 5.58 Å². The van der Waals surface area contributed by atoms with Crippen LogP contribution in [0, 0.1) is 0 Å². The second kappa shape index (κ2) is 13.1. The number of furan rings is 1. The Labute approximate surface area is 361 Å². The van der Waals surface area contributed by atoms with E-state index < -0.39 is 0 Å². The summed E-state index contributed by atoms with van der Waals surface area (Å²) in [6, 6.07) is 79.8. The number of hydrogen-bond donors (Lipinski definition) is 0. The van der Waals surface area contributed by atoms with Gasteiger partial charge in [-0.25, -0.2) is 0 Å². The maximum atomic E-state index is 6.56. The molecule has 0 amide bonds. The number of nitrogens with zero attached hydrogens (tertiary/aromatic N) is 2. The van der Waals surface area contributed by atoms with Crippen LogP contribution in [0.25, 0.3) is 131 Å². The fraction of sp³-hybridized carbons (Fsp3) is 0. The number of fused-ring (bicyclic) bond motifs is 15. The Hall–Kier alpha value is -8.40. The third-order valence-corrected chi connectivity index (χ3v) is 13.5. The van der Waals surface area contributed by atoms with Crippen molar-refractivity contribution in [2.24, 2.45) is 0 Å². The summed E-state index contributed by atoms with van der Waals surface area (Å²) >= 11 is 0. The molecule has 3 aromatic heterocycles. The molecule has 14 rings (SSSR count). The lowest BCUT2D eigenvalue weighted by Crippen LogP contribution is -1.94. The summed E-state index contributed by atoms with van der Waals surface area (Å²) in [7, 11) is 0. The monoisotopic (exact) mass is 800 g/mol. The van der Waals surface area contributed by atoms with Gasteiger partial charge in [-0.2, -0.15) is 0 Å². The molecule has 14 aromatic rings. The van der Waals surface area contributed by atoms with Crippen LogP contribution in [-0.4, -0.2) is 9.13 Å². The number of hydrogen-bond acceptors (Lipinski definition) is 1. The van der Waals surface area contributed by atoms with Crippen molar-refractivity contribution in [1.29, 1.82) is 0 Å². The fourth-order valence-electron chi connectivity index (χ4n) is 10.6. The highest BCUT2D eigenvalue weighted by molar-refractivity contribution is 6.26. The number of para-hydroxylation sites is 4. The van der Waals surface area contributed by atoms with Crippen molar-refractivity contribution in [3.8, 4) is 33.6 Å². The smallest absolute Gasteiger partial charge is 0.159 e. The van der Waals surface area contributed by atoms with Gasteiger partial charge in [-0.3, -0.25) is 0 Å². The summed E-state index contributed by atoms with van der Waals surface area (Å²) in [4.78, 5) is 0. The topological polar surface area (TPSA) is 23.0 Å². The highest BCUT2D eigenvalue weighted by Crippen LogP contribution is 2.42. The maximum absolute atomic E-state index is 6.56. The van der Waals surface area contributed by atoms with E-state index in [9.17, 15) is 0 Å². The van der Waals surface area contributed by atoms with E-state index in [1.54, 1.807) is 0 Å². The molecule has 11 aromatic carbocycles. The van der Waals surface area contributed by atoms with Crippen LogP contribution in [0.15, 0.2) is 223 Å². The van der Waals surface area contributed by atoms with Gasteiger partial charge in [-0.05, 0) is 115 Å². The van der Waals surface area contributed by atoms with Gasteiger partial charge in [-0.15, -0.1) is 0 Å². The second-order valence-electron chi connectivity index (χ2n) is 16.8. The molecule has 0 spiro atoms. The van der Waals surface area contributed by atoms with Crippen molar-refractivity contribution < 1.29 is 4.42 Å². The average molecular weight is 801 g/mol. The molecule has 292 valence electrons. The van der Waals surface area contributed by atoms with Crippen molar-refractivity contribution in [3.63, 3.8) is 0 Å². The number of rotatable bonds is 4. The fourth-order valence-corrected chi connectivity index (χ4v) is 10.6. The van der Waals surface area contributed by atoms with E-state index in [4.69, 9.17) is 4.42 Å². The molecule has 0 radical (unpaired) electrons. The zero-order valence-corrected chi connectivity index (χ0v) is 34.1. The Morgan fingerprint density at radius 2 is 0.714 bits per heavy atom. The molecular formula is C60H36N2O. The van der Waals surface area contributed by atoms with Crippen molar-refractivity contribution in [1.82, 2.24) is 9.13 Å². The lowest BCUT2D eigenvalue weighted by Gasteiger charge is -2.13. The molecule has 0 saturated carbocycles. The molecule has 0 fully saturated rings. The summed E-state index contributed by atoms with van der Waals surface area (Å²) in [5.41, 5.74) is 13.4. The van der Waals surface area contributed by atoms with Crippen LogP contribution in [0.3, 0.4) is 0 Å². The van der Waals surface area contributed by atoms with E-state index in [2.05, 4.69) is 221 Å². The quantitative estimate of drug-likeness (QED) is 0.163. The third kappa shape index (κ3) is 4.96. The molecule has 0 unspecified atom stereocenters. The number of benzene rings is 11. The van der Waals surface area contributed by atoms with Crippen molar-refractivity contribution in [3.05, 3.63) is 218 Å². The summed E-state index contributed by atoms with van der Waals surface area (Å²) < 4.78 is 11.4. The summed E-state index contributed by atoms with van der Waals surface area (Å²) in [6.45, 7) is 0. The Morgan fingerprint density at radius 3 is 1.44 bits per heavy atom. The van der Waals surface area contributed by atoms with E-state index in [1.807, 2.05) is 6.07 Å². The van der Waals surface area contributed by atoms with Crippen LogP contribution in [0.2, 0.25) is 0 Å². The molecule has 0 aliphatic rings. The van der Waals surface area contributed by atoms with E-state index in [0.717, 1.165) is 44.3 Å². The summed E-state index contributed by atoms with van der Waals surface area (Å²) in [5, 5.41) is 14.9.